The molecule has 5 nitrogen and oxygen atoms in total. The lowest BCUT2D eigenvalue weighted by Gasteiger charge is -2.07. The number of hydrogen-bond acceptors (Lipinski definition) is 3. The lowest BCUT2D eigenvalue weighted by Crippen LogP contribution is -2.06. The van der Waals surface area contributed by atoms with Crippen LogP contribution in [0.3, 0.4) is 0 Å². The zero-order valence-electron chi connectivity index (χ0n) is 11.9. The Bertz CT molecular complexity index is 740. The van der Waals surface area contributed by atoms with E-state index >= 15 is 0 Å². The maximum atomic E-state index is 12.5. The fourth-order valence-electron chi connectivity index (χ4n) is 2.02. The molecule has 0 fully saturated rings. The fourth-order valence-corrected chi connectivity index (χ4v) is 3.89. The molecule has 2 aromatic rings. The number of benzene rings is 1. The maximum Gasteiger partial charge on any atom is 0.335 e. The molecule has 1 unspecified atom stereocenters. The van der Waals surface area contributed by atoms with Gasteiger partial charge >= 0.3 is 5.97 Å². The molecular formula is C14H15BrN2O3S. The highest BCUT2D eigenvalue weighted by atomic mass is 79.9. The summed E-state index contributed by atoms with van der Waals surface area (Å²) in [7, 11) is 0.463. The molecule has 0 aliphatic rings. The summed E-state index contributed by atoms with van der Waals surface area (Å²) in [6.45, 7) is 3.59. The van der Waals surface area contributed by atoms with Crippen LogP contribution in [-0.2, 0) is 23.6 Å². The van der Waals surface area contributed by atoms with Crippen LogP contribution in [0.25, 0.3) is 0 Å². The van der Waals surface area contributed by atoms with Gasteiger partial charge in [-0.25, -0.2) is 4.79 Å². The number of rotatable bonds is 4. The van der Waals surface area contributed by atoms with E-state index in [4.69, 9.17) is 5.11 Å². The lowest BCUT2D eigenvalue weighted by atomic mass is 10.1. The first-order valence-corrected chi connectivity index (χ1v) is 8.32. The fraction of sp³-hybridized carbons (Fsp3) is 0.286. The second-order valence-electron chi connectivity index (χ2n) is 4.74. The van der Waals surface area contributed by atoms with Crippen molar-refractivity contribution in [3.8, 4) is 0 Å². The molecule has 1 N–H and O–H groups in total. The topological polar surface area (TPSA) is 72.2 Å². The second-order valence-corrected chi connectivity index (χ2v) is 6.99. The average Bonchev–Trinajstić information content (AvgIpc) is 2.65. The maximum absolute atomic E-state index is 12.5. The van der Waals surface area contributed by atoms with E-state index in [9.17, 15) is 9.00 Å². The van der Waals surface area contributed by atoms with Gasteiger partial charge in [-0.3, -0.25) is 8.89 Å². The van der Waals surface area contributed by atoms with Crippen molar-refractivity contribution in [2.45, 2.75) is 24.5 Å². The van der Waals surface area contributed by atoms with Crippen LogP contribution in [0, 0.1) is 13.8 Å². The van der Waals surface area contributed by atoms with Gasteiger partial charge in [0.25, 0.3) is 0 Å². The Labute approximate surface area is 133 Å². The quantitative estimate of drug-likeness (QED) is 0.897. The molecule has 0 saturated carbocycles. The monoisotopic (exact) mass is 370 g/mol. The molecule has 0 saturated heterocycles. The zero-order valence-corrected chi connectivity index (χ0v) is 14.3. The van der Waals surface area contributed by atoms with Crippen LogP contribution < -0.4 is 0 Å². The van der Waals surface area contributed by atoms with Crippen LogP contribution in [0.5, 0.6) is 0 Å². The summed E-state index contributed by atoms with van der Waals surface area (Å²) in [5, 5.41) is 13.4. The predicted octanol–water partition coefficient (Wildman–Crippen LogP) is 2.81. The minimum absolute atomic E-state index is 0.182. The number of hydrogen-bond donors (Lipinski definition) is 1. The van der Waals surface area contributed by atoms with E-state index in [1.54, 1.807) is 30.8 Å². The molecule has 0 bridgehead atoms. The van der Waals surface area contributed by atoms with Crippen molar-refractivity contribution in [2.75, 3.05) is 0 Å². The van der Waals surface area contributed by atoms with E-state index in [1.807, 2.05) is 6.92 Å². The van der Waals surface area contributed by atoms with E-state index < -0.39 is 16.8 Å². The number of carboxylic acids is 1. The van der Waals surface area contributed by atoms with Crippen molar-refractivity contribution >= 4 is 32.7 Å². The summed E-state index contributed by atoms with van der Waals surface area (Å²) in [5.41, 5.74) is 2.49. The lowest BCUT2D eigenvalue weighted by molar-refractivity contribution is 0.0696. The molecule has 2 rings (SSSR count). The van der Waals surface area contributed by atoms with Crippen molar-refractivity contribution < 1.29 is 14.1 Å². The number of nitrogens with zero attached hydrogens (tertiary/aromatic N) is 2. The minimum atomic E-state index is -1.33. The average molecular weight is 371 g/mol. The first-order chi connectivity index (χ1) is 9.81. The van der Waals surface area contributed by atoms with Crippen LogP contribution in [0.2, 0.25) is 0 Å². The number of carboxylic acid groups (broad SMARTS) is 1. The van der Waals surface area contributed by atoms with Gasteiger partial charge in [-0.1, -0.05) is 6.07 Å². The predicted molar refractivity (Wildman–Crippen MR) is 83.9 cm³/mol. The van der Waals surface area contributed by atoms with Crippen LogP contribution in [-0.4, -0.2) is 25.1 Å². The molecule has 0 spiro atoms. The van der Waals surface area contributed by atoms with Crippen molar-refractivity contribution in [2.24, 2.45) is 7.05 Å². The summed E-state index contributed by atoms with van der Waals surface area (Å²) in [6.07, 6.45) is 0. The Kier molecular flexibility index (Phi) is 4.63. The third-order valence-corrected chi connectivity index (χ3v) is 5.58. The van der Waals surface area contributed by atoms with Crippen molar-refractivity contribution in [1.82, 2.24) is 9.78 Å². The van der Waals surface area contributed by atoms with Gasteiger partial charge in [-0.05, 0) is 47.5 Å². The van der Waals surface area contributed by atoms with Crippen molar-refractivity contribution in [1.29, 1.82) is 0 Å². The third-order valence-electron chi connectivity index (χ3n) is 3.23. The molecule has 1 atom stereocenters. The number of aromatic nitrogens is 2. The van der Waals surface area contributed by atoms with Gasteiger partial charge in [0.15, 0.2) is 0 Å². The van der Waals surface area contributed by atoms with Gasteiger partial charge in [0.05, 0.1) is 38.0 Å². The number of carbonyl (C=O) groups is 1. The molecular weight excluding hydrogens is 356 g/mol. The normalized spacial score (nSPS) is 12.4. The molecule has 0 amide bonds. The summed E-state index contributed by atoms with van der Waals surface area (Å²) in [5.74, 6) is -0.732. The smallest absolute Gasteiger partial charge is 0.335 e. The van der Waals surface area contributed by atoms with Crippen LogP contribution >= 0.6 is 15.9 Å². The Morgan fingerprint density at radius 2 is 2.10 bits per heavy atom. The highest BCUT2D eigenvalue weighted by molar-refractivity contribution is 9.10. The largest absolute Gasteiger partial charge is 0.478 e. The summed E-state index contributed by atoms with van der Waals surface area (Å²) in [4.78, 5) is 11.6. The van der Waals surface area contributed by atoms with Crippen LogP contribution in [0.15, 0.2) is 27.6 Å². The van der Waals surface area contributed by atoms with Gasteiger partial charge in [0.1, 0.15) is 0 Å². The number of aromatic carboxylic acids is 1. The van der Waals surface area contributed by atoms with E-state index in [0.717, 1.165) is 15.9 Å². The van der Waals surface area contributed by atoms with Gasteiger partial charge in [0.2, 0.25) is 0 Å². The summed E-state index contributed by atoms with van der Waals surface area (Å²) in [6, 6.07) is 4.86. The van der Waals surface area contributed by atoms with Crippen LogP contribution in [0.1, 0.15) is 27.3 Å². The second kappa shape index (κ2) is 6.11. The van der Waals surface area contributed by atoms with Gasteiger partial charge in [0, 0.05) is 11.9 Å². The Balaban J connectivity index is 2.33. The van der Waals surface area contributed by atoms with Gasteiger partial charge in [-0.15, -0.1) is 0 Å². The molecule has 0 radical (unpaired) electrons. The van der Waals surface area contributed by atoms with E-state index in [1.165, 1.54) is 6.07 Å². The Morgan fingerprint density at radius 3 is 2.62 bits per heavy atom. The summed E-state index contributed by atoms with van der Waals surface area (Å²) < 4.78 is 15.0. The zero-order chi connectivity index (χ0) is 15.7. The SMILES string of the molecule is Cc1ccc(S(=O)Cc2c(Br)c(C)nn2C)cc1C(=O)O. The van der Waals surface area contributed by atoms with E-state index in [2.05, 4.69) is 21.0 Å². The molecule has 0 aliphatic carbocycles. The molecule has 1 heterocycles. The highest BCUT2D eigenvalue weighted by Crippen LogP contribution is 2.24. The van der Waals surface area contributed by atoms with Gasteiger partial charge in [-0.2, -0.15) is 5.10 Å². The molecule has 112 valence electrons. The minimum Gasteiger partial charge on any atom is -0.478 e. The standard InChI is InChI=1S/C14H15BrN2O3S/c1-8-4-5-10(6-11(8)14(18)19)21(20)7-12-13(15)9(2)16-17(12)3/h4-6H,7H2,1-3H3,(H,18,19). The van der Waals surface area contributed by atoms with E-state index in [0.29, 0.717) is 10.5 Å². The first kappa shape index (κ1) is 15.9. The molecule has 1 aromatic carbocycles. The Hall–Kier alpha value is -1.47. The molecule has 0 aliphatic heterocycles. The van der Waals surface area contributed by atoms with Crippen molar-refractivity contribution in [3.05, 3.63) is 45.2 Å². The van der Waals surface area contributed by atoms with Gasteiger partial charge < -0.3 is 5.11 Å². The summed E-state index contributed by atoms with van der Waals surface area (Å²) >= 11 is 3.44. The molecule has 21 heavy (non-hydrogen) atoms. The Morgan fingerprint density at radius 1 is 1.43 bits per heavy atom. The van der Waals surface area contributed by atoms with Crippen molar-refractivity contribution in [3.63, 3.8) is 0 Å². The van der Waals surface area contributed by atoms with E-state index in [-0.39, 0.29) is 11.3 Å². The first-order valence-electron chi connectivity index (χ1n) is 6.21. The molecule has 7 heteroatoms. The van der Waals surface area contributed by atoms with Crippen LogP contribution in [0.4, 0.5) is 0 Å². The molecule has 1 aromatic heterocycles. The highest BCUT2D eigenvalue weighted by Gasteiger charge is 2.16. The number of aryl methyl sites for hydroxylation is 3. The number of halogens is 1. The third kappa shape index (κ3) is 3.24.